The van der Waals surface area contributed by atoms with Gasteiger partial charge in [-0.3, -0.25) is 0 Å². The van der Waals surface area contributed by atoms with Crippen molar-refractivity contribution in [2.24, 2.45) is 11.4 Å². The van der Waals surface area contributed by atoms with E-state index in [-0.39, 0.29) is 5.82 Å². The number of rotatable bonds is 3. The fraction of sp³-hybridized carbons (Fsp3) is 0.375. The fourth-order valence-electron chi connectivity index (χ4n) is 1.88. The van der Waals surface area contributed by atoms with Gasteiger partial charge >= 0.3 is 6.18 Å². The summed E-state index contributed by atoms with van der Waals surface area (Å²) in [6.07, 6.45) is -2.38. The number of sulfonamides is 1. The molecule has 9 heteroatoms. The lowest BCUT2D eigenvalue weighted by atomic mass is 10.1. The van der Waals surface area contributed by atoms with Crippen molar-refractivity contribution in [2.45, 2.75) is 31.7 Å². The van der Waals surface area contributed by atoms with Crippen molar-refractivity contribution >= 4 is 16.2 Å². The second-order valence-corrected chi connectivity index (χ2v) is 8.89. The Balaban J connectivity index is 2.28. The smallest absolute Gasteiger partial charge is 0.333 e. The van der Waals surface area contributed by atoms with Crippen LogP contribution in [-0.4, -0.2) is 28.9 Å². The molecular weight excluding hydrogens is 355 g/mol. The maximum Gasteiger partial charge on any atom is 0.434 e. The molecule has 0 saturated carbocycles. The van der Waals surface area contributed by atoms with E-state index >= 15 is 0 Å². The Bertz CT molecular complexity index is 890. The molecule has 0 atom stereocenters. The quantitative estimate of drug-likeness (QED) is 0.772. The van der Waals surface area contributed by atoms with Crippen LogP contribution in [0.4, 0.5) is 13.2 Å². The van der Waals surface area contributed by atoms with Gasteiger partial charge in [0, 0.05) is 25.0 Å². The van der Waals surface area contributed by atoms with Gasteiger partial charge in [-0.15, -0.1) is 0 Å². The maximum atomic E-state index is 12.7. The summed E-state index contributed by atoms with van der Waals surface area (Å²) in [6, 6.07) is 6.26. The van der Waals surface area contributed by atoms with Gasteiger partial charge in [0.25, 0.3) is 10.0 Å². The second-order valence-electron chi connectivity index (χ2n) is 6.50. The van der Waals surface area contributed by atoms with Crippen LogP contribution >= 0.6 is 0 Å². The van der Waals surface area contributed by atoms with Crippen LogP contribution in [0.3, 0.4) is 0 Å². The molecule has 1 aromatic carbocycles. The SMILES string of the molecule is Cn1cc(C(F)(F)F)nc1-c1ccc(C=NS(=O)(=O)C(C)(C)C)cc1. The van der Waals surface area contributed by atoms with E-state index in [1.165, 1.54) is 17.8 Å². The molecule has 136 valence electrons. The molecule has 2 aromatic rings. The molecule has 0 aliphatic heterocycles. The van der Waals surface area contributed by atoms with Gasteiger partial charge in [0.15, 0.2) is 5.69 Å². The van der Waals surface area contributed by atoms with E-state index in [2.05, 4.69) is 9.38 Å². The van der Waals surface area contributed by atoms with Crippen molar-refractivity contribution in [1.82, 2.24) is 9.55 Å². The minimum Gasteiger partial charge on any atom is -0.333 e. The number of nitrogens with zero attached hydrogens (tertiary/aromatic N) is 3. The summed E-state index contributed by atoms with van der Waals surface area (Å²) in [7, 11) is -2.17. The number of benzene rings is 1. The van der Waals surface area contributed by atoms with Gasteiger partial charge in [0.2, 0.25) is 0 Å². The monoisotopic (exact) mass is 373 g/mol. The topological polar surface area (TPSA) is 64.3 Å². The number of halogens is 3. The second kappa shape index (κ2) is 6.29. The molecule has 0 amide bonds. The molecule has 0 radical (unpaired) electrons. The Morgan fingerprint density at radius 2 is 1.68 bits per heavy atom. The van der Waals surface area contributed by atoms with Crippen LogP contribution in [0.5, 0.6) is 0 Å². The number of hydrogen-bond acceptors (Lipinski definition) is 3. The first-order valence-corrected chi connectivity index (χ1v) is 8.76. The summed E-state index contributed by atoms with van der Waals surface area (Å²) in [5.41, 5.74) is 0.0302. The molecular formula is C16H18F3N3O2S. The summed E-state index contributed by atoms with van der Waals surface area (Å²) in [5.74, 6) is 0.165. The molecule has 1 aromatic heterocycles. The first-order chi connectivity index (χ1) is 11.3. The summed E-state index contributed by atoms with van der Waals surface area (Å²) in [6.45, 7) is 4.63. The van der Waals surface area contributed by atoms with Crippen molar-refractivity contribution in [2.75, 3.05) is 0 Å². The highest BCUT2D eigenvalue weighted by atomic mass is 32.2. The van der Waals surface area contributed by atoms with Gasteiger partial charge in [0.1, 0.15) is 5.82 Å². The first kappa shape index (κ1) is 19.2. The van der Waals surface area contributed by atoms with Gasteiger partial charge in [-0.2, -0.15) is 17.6 Å². The number of imidazole rings is 1. The summed E-state index contributed by atoms with van der Waals surface area (Å²) in [4.78, 5) is 3.61. The third-order valence-electron chi connectivity index (χ3n) is 3.45. The van der Waals surface area contributed by atoms with Crippen molar-refractivity contribution < 1.29 is 21.6 Å². The first-order valence-electron chi connectivity index (χ1n) is 7.32. The minimum atomic E-state index is -4.51. The van der Waals surface area contributed by atoms with E-state index in [1.807, 2.05) is 0 Å². The van der Waals surface area contributed by atoms with Gasteiger partial charge < -0.3 is 4.57 Å². The third-order valence-corrected chi connectivity index (χ3v) is 5.38. The van der Waals surface area contributed by atoms with Crippen molar-refractivity contribution in [1.29, 1.82) is 0 Å². The Morgan fingerprint density at radius 1 is 1.12 bits per heavy atom. The molecule has 1 heterocycles. The highest BCUT2D eigenvalue weighted by Gasteiger charge is 2.34. The van der Waals surface area contributed by atoms with Crippen molar-refractivity contribution in [3.05, 3.63) is 41.7 Å². The van der Waals surface area contributed by atoms with Gasteiger partial charge in [0.05, 0.1) is 4.75 Å². The van der Waals surface area contributed by atoms with E-state index < -0.39 is 26.6 Å². The van der Waals surface area contributed by atoms with E-state index in [0.29, 0.717) is 11.1 Å². The Labute approximate surface area is 144 Å². The molecule has 0 aliphatic rings. The maximum absolute atomic E-state index is 12.7. The number of alkyl halides is 3. The lowest BCUT2D eigenvalue weighted by Crippen LogP contribution is -2.25. The Kier molecular flexibility index (Phi) is 4.82. The zero-order valence-electron chi connectivity index (χ0n) is 14.2. The minimum absolute atomic E-state index is 0.165. The molecule has 0 unspecified atom stereocenters. The average Bonchev–Trinajstić information content (AvgIpc) is 2.87. The lowest BCUT2D eigenvalue weighted by Gasteiger charge is -2.14. The van der Waals surface area contributed by atoms with Crippen LogP contribution in [0.15, 0.2) is 34.9 Å². The standard InChI is InChI=1S/C16H18F3N3O2S/c1-15(2,3)25(23,24)20-9-11-5-7-12(8-6-11)14-21-13(10-22(14)4)16(17,18)19/h5-10H,1-4H3. The van der Waals surface area contributed by atoms with Crippen LogP contribution in [0.2, 0.25) is 0 Å². The molecule has 25 heavy (non-hydrogen) atoms. The molecule has 2 rings (SSSR count). The molecule has 0 spiro atoms. The van der Waals surface area contributed by atoms with Crippen LogP contribution in [0, 0.1) is 0 Å². The summed E-state index contributed by atoms with van der Waals surface area (Å²) < 4.78 is 65.9. The molecule has 0 saturated heterocycles. The van der Waals surface area contributed by atoms with E-state index in [9.17, 15) is 21.6 Å². The van der Waals surface area contributed by atoms with Crippen molar-refractivity contribution in [3.8, 4) is 11.4 Å². The van der Waals surface area contributed by atoms with E-state index in [4.69, 9.17) is 0 Å². The summed E-state index contributed by atoms with van der Waals surface area (Å²) in [5, 5.41) is 0. The zero-order chi connectivity index (χ0) is 19.0. The normalized spacial score (nSPS) is 13.6. The average molecular weight is 373 g/mol. The zero-order valence-corrected chi connectivity index (χ0v) is 15.0. The van der Waals surface area contributed by atoms with Crippen molar-refractivity contribution in [3.63, 3.8) is 0 Å². The largest absolute Gasteiger partial charge is 0.434 e. The van der Waals surface area contributed by atoms with Gasteiger partial charge in [-0.25, -0.2) is 13.4 Å². The lowest BCUT2D eigenvalue weighted by molar-refractivity contribution is -0.140. The van der Waals surface area contributed by atoms with Crippen LogP contribution in [0.1, 0.15) is 32.0 Å². The molecule has 0 aliphatic carbocycles. The Morgan fingerprint density at radius 3 is 2.12 bits per heavy atom. The van der Waals surface area contributed by atoms with Crippen LogP contribution < -0.4 is 0 Å². The molecule has 0 fully saturated rings. The van der Waals surface area contributed by atoms with Crippen LogP contribution in [-0.2, 0) is 23.2 Å². The van der Waals surface area contributed by atoms with Crippen LogP contribution in [0.25, 0.3) is 11.4 Å². The third kappa shape index (κ3) is 4.28. The number of aromatic nitrogens is 2. The predicted octanol–water partition coefficient (Wildman–Crippen LogP) is 3.65. The van der Waals surface area contributed by atoms with Gasteiger partial charge in [-0.05, 0) is 26.3 Å². The molecule has 5 nitrogen and oxygen atoms in total. The highest BCUT2D eigenvalue weighted by Crippen LogP contribution is 2.30. The van der Waals surface area contributed by atoms with Gasteiger partial charge in [-0.1, -0.05) is 24.3 Å². The van der Waals surface area contributed by atoms with E-state index in [0.717, 1.165) is 6.20 Å². The summed E-state index contributed by atoms with van der Waals surface area (Å²) >= 11 is 0. The highest BCUT2D eigenvalue weighted by molar-refractivity contribution is 7.91. The fourth-order valence-corrected chi connectivity index (χ4v) is 2.45. The molecule has 0 N–H and O–H groups in total. The number of hydrogen-bond donors (Lipinski definition) is 0. The Hall–Kier alpha value is -2.16. The predicted molar refractivity (Wildman–Crippen MR) is 89.9 cm³/mol. The van der Waals surface area contributed by atoms with E-state index in [1.54, 1.807) is 45.0 Å². The molecule has 0 bridgehead atoms. The number of aryl methyl sites for hydroxylation is 1.